The monoisotopic (exact) mass is 507 g/mol. The van der Waals surface area contributed by atoms with Gasteiger partial charge in [-0.25, -0.2) is 0 Å². The van der Waals surface area contributed by atoms with E-state index in [0.29, 0.717) is 37.7 Å². The summed E-state index contributed by atoms with van der Waals surface area (Å²) in [6.07, 6.45) is 2.02. The third-order valence-electron chi connectivity index (χ3n) is 6.01. The van der Waals surface area contributed by atoms with E-state index in [4.69, 9.17) is 11.6 Å². The fourth-order valence-electron chi connectivity index (χ4n) is 4.25. The van der Waals surface area contributed by atoms with E-state index in [1.807, 2.05) is 78.7 Å². The van der Waals surface area contributed by atoms with Gasteiger partial charge in [-0.1, -0.05) is 75.2 Å². The Kier molecular flexibility index (Phi) is 9.77. The predicted octanol–water partition coefficient (Wildman–Crippen LogP) is 6.28. The van der Waals surface area contributed by atoms with Crippen molar-refractivity contribution in [2.45, 2.75) is 47.7 Å². The van der Waals surface area contributed by atoms with Gasteiger partial charge in [0.1, 0.15) is 6.54 Å². The standard InChI is InChI=1S/C30H38ClN3O2/c1-22(2)17-33(20-27-10-8-16-32(27)19-26-9-6-7-11-28(26)31)29(35)21-34(18-23(3)4)30(36)25-14-12-24(5)13-15-25/h6-16,22-23H,17-21H2,1-5H3. The van der Waals surface area contributed by atoms with Gasteiger partial charge in [-0.15, -0.1) is 0 Å². The molecule has 0 aliphatic heterocycles. The lowest BCUT2D eigenvalue weighted by molar-refractivity contribution is -0.133. The maximum absolute atomic E-state index is 13.6. The smallest absolute Gasteiger partial charge is 0.254 e. The summed E-state index contributed by atoms with van der Waals surface area (Å²) < 4.78 is 2.13. The van der Waals surface area contributed by atoms with Crippen molar-refractivity contribution in [2.24, 2.45) is 11.8 Å². The van der Waals surface area contributed by atoms with Crippen LogP contribution < -0.4 is 0 Å². The van der Waals surface area contributed by atoms with Crippen molar-refractivity contribution in [3.05, 3.63) is 94.3 Å². The van der Waals surface area contributed by atoms with Gasteiger partial charge >= 0.3 is 0 Å². The minimum absolute atomic E-state index is 0.0460. The van der Waals surface area contributed by atoms with Crippen molar-refractivity contribution >= 4 is 23.4 Å². The number of amides is 2. The Hall–Kier alpha value is -3.05. The van der Waals surface area contributed by atoms with Crippen molar-refractivity contribution in [3.63, 3.8) is 0 Å². The van der Waals surface area contributed by atoms with Crippen LogP contribution in [0.4, 0.5) is 0 Å². The molecule has 5 nitrogen and oxygen atoms in total. The molecule has 0 radical (unpaired) electrons. The van der Waals surface area contributed by atoms with Crippen LogP contribution in [0.2, 0.25) is 5.02 Å². The quantitative estimate of drug-likeness (QED) is 0.306. The van der Waals surface area contributed by atoms with E-state index in [0.717, 1.165) is 21.8 Å². The Labute approximate surface area is 220 Å². The fraction of sp³-hybridized carbons (Fsp3) is 0.400. The van der Waals surface area contributed by atoms with Gasteiger partial charge in [0.05, 0.1) is 6.54 Å². The minimum atomic E-state index is -0.108. The first kappa shape index (κ1) is 27.5. The Bertz CT molecular complexity index is 1150. The molecule has 0 saturated heterocycles. The fourth-order valence-corrected chi connectivity index (χ4v) is 4.45. The van der Waals surface area contributed by atoms with Crippen LogP contribution in [-0.4, -0.2) is 45.8 Å². The summed E-state index contributed by atoms with van der Waals surface area (Å²) in [5.41, 5.74) is 3.77. The molecule has 36 heavy (non-hydrogen) atoms. The number of aromatic nitrogens is 1. The molecule has 0 aliphatic carbocycles. The molecule has 1 aromatic heterocycles. The molecule has 0 spiro atoms. The number of hydrogen-bond acceptors (Lipinski definition) is 2. The second-order valence-corrected chi connectivity index (χ2v) is 10.7. The Morgan fingerprint density at radius 2 is 1.50 bits per heavy atom. The number of hydrogen-bond donors (Lipinski definition) is 0. The summed E-state index contributed by atoms with van der Waals surface area (Å²) >= 11 is 6.39. The molecule has 3 rings (SSSR count). The van der Waals surface area contributed by atoms with Crippen LogP contribution in [0.1, 0.15) is 54.9 Å². The van der Waals surface area contributed by atoms with Crippen molar-refractivity contribution < 1.29 is 9.59 Å². The third kappa shape index (κ3) is 7.72. The SMILES string of the molecule is Cc1ccc(C(=O)N(CC(=O)N(Cc2cccn2Cc2ccccc2Cl)CC(C)C)CC(C)C)cc1. The van der Waals surface area contributed by atoms with Crippen LogP contribution >= 0.6 is 11.6 Å². The van der Waals surface area contributed by atoms with Gasteiger partial charge in [0.25, 0.3) is 5.91 Å². The maximum Gasteiger partial charge on any atom is 0.254 e. The van der Waals surface area contributed by atoms with E-state index in [1.165, 1.54) is 0 Å². The summed E-state index contributed by atoms with van der Waals surface area (Å²) in [4.78, 5) is 30.5. The van der Waals surface area contributed by atoms with Crippen LogP contribution in [0.25, 0.3) is 0 Å². The molecule has 0 saturated carbocycles. The zero-order chi connectivity index (χ0) is 26.2. The Morgan fingerprint density at radius 3 is 2.14 bits per heavy atom. The highest BCUT2D eigenvalue weighted by Gasteiger charge is 2.24. The van der Waals surface area contributed by atoms with Gasteiger partial charge in [-0.05, 0) is 54.7 Å². The van der Waals surface area contributed by atoms with Crippen LogP contribution in [-0.2, 0) is 17.9 Å². The van der Waals surface area contributed by atoms with E-state index in [2.05, 4.69) is 32.3 Å². The number of benzene rings is 2. The second-order valence-electron chi connectivity index (χ2n) is 10.3. The van der Waals surface area contributed by atoms with Gasteiger partial charge in [-0.3, -0.25) is 9.59 Å². The number of carbonyl (C=O) groups excluding carboxylic acids is 2. The van der Waals surface area contributed by atoms with Gasteiger partial charge < -0.3 is 14.4 Å². The number of aryl methyl sites for hydroxylation is 1. The van der Waals surface area contributed by atoms with Gasteiger partial charge in [0, 0.05) is 42.1 Å². The normalized spacial score (nSPS) is 11.2. The minimum Gasteiger partial charge on any atom is -0.345 e. The summed E-state index contributed by atoms with van der Waals surface area (Å²) in [6, 6.07) is 19.4. The zero-order valence-electron chi connectivity index (χ0n) is 22.1. The molecule has 0 unspecified atom stereocenters. The average Bonchev–Trinajstić information content (AvgIpc) is 3.25. The number of carbonyl (C=O) groups is 2. The van der Waals surface area contributed by atoms with E-state index < -0.39 is 0 Å². The molecule has 0 fully saturated rings. The lowest BCUT2D eigenvalue weighted by Gasteiger charge is -2.30. The van der Waals surface area contributed by atoms with E-state index in [9.17, 15) is 9.59 Å². The van der Waals surface area contributed by atoms with Crippen molar-refractivity contribution in [1.29, 1.82) is 0 Å². The molecule has 0 bridgehead atoms. The molecule has 6 heteroatoms. The lowest BCUT2D eigenvalue weighted by atomic mass is 10.1. The number of rotatable bonds is 11. The van der Waals surface area contributed by atoms with Crippen LogP contribution in [0.5, 0.6) is 0 Å². The first-order valence-electron chi connectivity index (χ1n) is 12.6. The zero-order valence-corrected chi connectivity index (χ0v) is 22.8. The molecule has 0 N–H and O–H groups in total. The topological polar surface area (TPSA) is 45.6 Å². The molecule has 0 atom stereocenters. The van der Waals surface area contributed by atoms with Crippen molar-refractivity contribution in [1.82, 2.24) is 14.4 Å². The molecular formula is C30H38ClN3O2. The molecule has 2 amide bonds. The highest BCUT2D eigenvalue weighted by molar-refractivity contribution is 6.31. The summed E-state index contributed by atoms with van der Waals surface area (Å²) in [5, 5.41) is 0.728. The second kappa shape index (κ2) is 12.8. The van der Waals surface area contributed by atoms with Gasteiger partial charge in [0.2, 0.25) is 5.91 Å². The van der Waals surface area contributed by atoms with Crippen molar-refractivity contribution in [2.75, 3.05) is 19.6 Å². The molecule has 1 heterocycles. The predicted molar refractivity (Wildman–Crippen MR) is 147 cm³/mol. The summed E-state index contributed by atoms with van der Waals surface area (Å²) in [5.74, 6) is 0.393. The van der Waals surface area contributed by atoms with Crippen molar-refractivity contribution in [3.8, 4) is 0 Å². The average molecular weight is 508 g/mol. The molecule has 2 aromatic carbocycles. The Morgan fingerprint density at radius 1 is 0.861 bits per heavy atom. The van der Waals surface area contributed by atoms with E-state index >= 15 is 0 Å². The largest absolute Gasteiger partial charge is 0.345 e. The number of halogens is 1. The van der Waals surface area contributed by atoms with Crippen LogP contribution in [0.15, 0.2) is 66.9 Å². The van der Waals surface area contributed by atoms with E-state index in [1.54, 1.807) is 4.90 Å². The lowest BCUT2D eigenvalue weighted by Crippen LogP contribution is -2.45. The summed E-state index contributed by atoms with van der Waals surface area (Å²) in [7, 11) is 0. The van der Waals surface area contributed by atoms with Gasteiger partial charge in [-0.2, -0.15) is 0 Å². The molecular weight excluding hydrogens is 470 g/mol. The molecule has 0 aliphatic rings. The first-order valence-corrected chi connectivity index (χ1v) is 13.0. The molecule has 3 aromatic rings. The number of nitrogens with zero attached hydrogens (tertiary/aromatic N) is 3. The third-order valence-corrected chi connectivity index (χ3v) is 6.38. The molecule has 192 valence electrons. The van der Waals surface area contributed by atoms with E-state index in [-0.39, 0.29) is 24.3 Å². The Balaban J connectivity index is 1.79. The van der Waals surface area contributed by atoms with Crippen LogP contribution in [0.3, 0.4) is 0 Å². The highest BCUT2D eigenvalue weighted by Crippen LogP contribution is 2.19. The van der Waals surface area contributed by atoms with Crippen LogP contribution in [0, 0.1) is 18.8 Å². The van der Waals surface area contributed by atoms with Gasteiger partial charge in [0.15, 0.2) is 0 Å². The first-order chi connectivity index (χ1) is 17.1. The highest BCUT2D eigenvalue weighted by atomic mass is 35.5. The maximum atomic E-state index is 13.6. The summed E-state index contributed by atoms with van der Waals surface area (Å²) in [6.45, 7) is 12.6.